The molecule has 0 saturated heterocycles. The molecular formula is C20H30N2O4. The molecule has 144 valence electrons. The molecule has 1 aromatic carbocycles. The van der Waals surface area contributed by atoms with Crippen molar-refractivity contribution in [1.82, 2.24) is 10.6 Å². The molecule has 1 aliphatic rings. The molecule has 0 bridgehead atoms. The summed E-state index contributed by atoms with van der Waals surface area (Å²) >= 11 is 0. The molecule has 26 heavy (non-hydrogen) atoms. The SMILES string of the molecule is CCC(C)C(NC(=O)C1CC1)C(=O)NCCc1ccc(OC)c(OC)c1. The smallest absolute Gasteiger partial charge is 0.242 e. The fraction of sp³-hybridized carbons (Fsp3) is 0.600. The standard InChI is InChI=1S/C20H30N2O4/c1-5-13(2)18(22-19(23)15-7-8-15)20(24)21-11-10-14-6-9-16(25-3)17(12-14)26-4/h6,9,12-13,15,18H,5,7-8,10-11H2,1-4H3,(H,21,24)(H,22,23). The summed E-state index contributed by atoms with van der Waals surface area (Å²) in [6.45, 7) is 4.52. The second kappa shape index (κ2) is 9.46. The maximum atomic E-state index is 12.6. The molecule has 1 aliphatic carbocycles. The van der Waals surface area contributed by atoms with Crippen molar-refractivity contribution in [2.45, 2.75) is 45.6 Å². The van der Waals surface area contributed by atoms with Crippen molar-refractivity contribution in [3.05, 3.63) is 23.8 Å². The third kappa shape index (κ3) is 5.38. The lowest BCUT2D eigenvalue weighted by atomic mass is 9.98. The number of ether oxygens (including phenoxy) is 2. The predicted molar refractivity (Wildman–Crippen MR) is 100 cm³/mol. The molecule has 0 aromatic heterocycles. The average Bonchev–Trinajstić information content (AvgIpc) is 3.50. The van der Waals surface area contributed by atoms with E-state index in [0.29, 0.717) is 24.5 Å². The Hall–Kier alpha value is -2.24. The molecule has 2 rings (SSSR count). The number of hydrogen-bond donors (Lipinski definition) is 2. The molecule has 2 N–H and O–H groups in total. The Labute approximate surface area is 155 Å². The quantitative estimate of drug-likeness (QED) is 0.670. The molecule has 2 unspecified atom stereocenters. The molecule has 0 radical (unpaired) electrons. The van der Waals surface area contributed by atoms with E-state index in [-0.39, 0.29) is 23.7 Å². The van der Waals surface area contributed by atoms with Crippen LogP contribution in [0.4, 0.5) is 0 Å². The number of hydrogen-bond acceptors (Lipinski definition) is 4. The molecule has 0 spiro atoms. The van der Waals surface area contributed by atoms with E-state index in [1.807, 2.05) is 32.0 Å². The summed E-state index contributed by atoms with van der Waals surface area (Å²) in [5.74, 6) is 1.43. The summed E-state index contributed by atoms with van der Waals surface area (Å²) in [6, 6.07) is 5.24. The lowest BCUT2D eigenvalue weighted by Gasteiger charge is -2.23. The van der Waals surface area contributed by atoms with Crippen molar-refractivity contribution in [2.75, 3.05) is 20.8 Å². The molecular weight excluding hydrogens is 332 g/mol. The van der Waals surface area contributed by atoms with Crippen molar-refractivity contribution in [1.29, 1.82) is 0 Å². The molecule has 6 nitrogen and oxygen atoms in total. The fourth-order valence-corrected chi connectivity index (χ4v) is 2.79. The highest BCUT2D eigenvalue weighted by Gasteiger charge is 2.34. The minimum atomic E-state index is -0.474. The number of rotatable bonds is 10. The molecule has 2 atom stereocenters. The largest absolute Gasteiger partial charge is 0.493 e. The zero-order valence-corrected chi connectivity index (χ0v) is 16.1. The van der Waals surface area contributed by atoms with E-state index in [1.165, 1.54) is 0 Å². The van der Waals surface area contributed by atoms with Crippen LogP contribution in [0.3, 0.4) is 0 Å². The van der Waals surface area contributed by atoms with Crippen molar-refractivity contribution in [3.8, 4) is 11.5 Å². The van der Waals surface area contributed by atoms with Crippen LogP contribution >= 0.6 is 0 Å². The van der Waals surface area contributed by atoms with E-state index in [2.05, 4.69) is 10.6 Å². The van der Waals surface area contributed by atoms with Crippen LogP contribution in [0.1, 0.15) is 38.7 Å². The zero-order valence-electron chi connectivity index (χ0n) is 16.1. The van der Waals surface area contributed by atoms with Gasteiger partial charge in [-0.25, -0.2) is 0 Å². The minimum absolute atomic E-state index is 0.00495. The molecule has 1 fully saturated rings. The summed E-state index contributed by atoms with van der Waals surface area (Å²) in [5, 5.41) is 5.88. The maximum absolute atomic E-state index is 12.6. The van der Waals surface area contributed by atoms with Crippen molar-refractivity contribution in [2.24, 2.45) is 11.8 Å². The van der Waals surface area contributed by atoms with Crippen LogP contribution in [-0.2, 0) is 16.0 Å². The summed E-state index contributed by atoms with van der Waals surface area (Å²) in [5.41, 5.74) is 1.05. The lowest BCUT2D eigenvalue weighted by molar-refractivity contribution is -0.130. The highest BCUT2D eigenvalue weighted by molar-refractivity contribution is 5.89. The Morgan fingerprint density at radius 2 is 1.88 bits per heavy atom. The normalized spacial score (nSPS) is 15.7. The van der Waals surface area contributed by atoms with Crippen molar-refractivity contribution < 1.29 is 19.1 Å². The molecule has 1 saturated carbocycles. The molecule has 0 aliphatic heterocycles. The van der Waals surface area contributed by atoms with Gasteiger partial charge in [0.25, 0.3) is 0 Å². The van der Waals surface area contributed by atoms with Crippen LogP contribution in [0.15, 0.2) is 18.2 Å². The number of amides is 2. The third-order valence-corrected chi connectivity index (χ3v) is 4.90. The lowest BCUT2D eigenvalue weighted by Crippen LogP contribution is -2.51. The average molecular weight is 362 g/mol. The highest BCUT2D eigenvalue weighted by atomic mass is 16.5. The van der Waals surface area contributed by atoms with Gasteiger partial charge in [-0.3, -0.25) is 9.59 Å². The summed E-state index contributed by atoms with van der Waals surface area (Å²) in [7, 11) is 3.20. The highest BCUT2D eigenvalue weighted by Crippen LogP contribution is 2.29. The Morgan fingerprint density at radius 3 is 2.46 bits per heavy atom. The summed E-state index contributed by atoms with van der Waals surface area (Å²) in [4.78, 5) is 24.6. The molecule has 0 heterocycles. The summed E-state index contributed by atoms with van der Waals surface area (Å²) < 4.78 is 10.5. The zero-order chi connectivity index (χ0) is 19.1. The van der Waals surface area contributed by atoms with Crippen LogP contribution < -0.4 is 20.1 Å². The number of benzene rings is 1. The Balaban J connectivity index is 1.89. The van der Waals surface area contributed by atoms with Gasteiger partial charge < -0.3 is 20.1 Å². The monoisotopic (exact) mass is 362 g/mol. The Kier molecular flexibility index (Phi) is 7.30. The van der Waals surface area contributed by atoms with Gasteiger partial charge in [-0.15, -0.1) is 0 Å². The minimum Gasteiger partial charge on any atom is -0.493 e. The van der Waals surface area contributed by atoms with E-state index < -0.39 is 6.04 Å². The number of methoxy groups -OCH3 is 2. The fourth-order valence-electron chi connectivity index (χ4n) is 2.79. The molecule has 1 aromatic rings. The second-order valence-electron chi connectivity index (χ2n) is 6.88. The number of carbonyl (C=O) groups excluding carboxylic acids is 2. The first kappa shape index (κ1) is 20.1. The van der Waals surface area contributed by atoms with Crippen molar-refractivity contribution in [3.63, 3.8) is 0 Å². The number of carbonyl (C=O) groups is 2. The van der Waals surface area contributed by atoms with Crippen LogP contribution in [0.5, 0.6) is 11.5 Å². The van der Waals surface area contributed by atoms with Gasteiger partial charge in [-0.1, -0.05) is 26.3 Å². The molecule has 2 amide bonds. The van der Waals surface area contributed by atoms with Crippen LogP contribution in [0, 0.1) is 11.8 Å². The maximum Gasteiger partial charge on any atom is 0.242 e. The van der Waals surface area contributed by atoms with E-state index in [0.717, 1.165) is 24.8 Å². The van der Waals surface area contributed by atoms with Gasteiger partial charge in [0, 0.05) is 12.5 Å². The van der Waals surface area contributed by atoms with Gasteiger partial charge >= 0.3 is 0 Å². The van der Waals surface area contributed by atoms with E-state index >= 15 is 0 Å². The summed E-state index contributed by atoms with van der Waals surface area (Å²) in [6.07, 6.45) is 3.37. The van der Waals surface area contributed by atoms with Gasteiger partial charge in [-0.05, 0) is 42.9 Å². The Morgan fingerprint density at radius 1 is 1.19 bits per heavy atom. The van der Waals surface area contributed by atoms with Crippen LogP contribution in [-0.4, -0.2) is 38.6 Å². The van der Waals surface area contributed by atoms with Gasteiger partial charge in [-0.2, -0.15) is 0 Å². The van der Waals surface area contributed by atoms with Gasteiger partial charge in [0.05, 0.1) is 14.2 Å². The first-order valence-corrected chi connectivity index (χ1v) is 9.29. The Bertz CT molecular complexity index is 628. The van der Waals surface area contributed by atoms with Gasteiger partial charge in [0.2, 0.25) is 11.8 Å². The van der Waals surface area contributed by atoms with Crippen molar-refractivity contribution >= 4 is 11.8 Å². The number of nitrogens with one attached hydrogen (secondary N) is 2. The first-order chi connectivity index (χ1) is 12.5. The first-order valence-electron chi connectivity index (χ1n) is 9.29. The van der Waals surface area contributed by atoms with E-state index in [9.17, 15) is 9.59 Å². The van der Waals surface area contributed by atoms with E-state index in [1.54, 1.807) is 14.2 Å². The second-order valence-corrected chi connectivity index (χ2v) is 6.88. The van der Waals surface area contributed by atoms with Gasteiger partial charge in [0.1, 0.15) is 6.04 Å². The molecule has 6 heteroatoms. The van der Waals surface area contributed by atoms with Crippen LogP contribution in [0.2, 0.25) is 0 Å². The van der Waals surface area contributed by atoms with Crippen LogP contribution in [0.25, 0.3) is 0 Å². The predicted octanol–water partition coefficient (Wildman–Crippen LogP) is 2.30. The van der Waals surface area contributed by atoms with E-state index in [4.69, 9.17) is 9.47 Å². The topological polar surface area (TPSA) is 76.7 Å². The third-order valence-electron chi connectivity index (χ3n) is 4.90. The van der Waals surface area contributed by atoms with Gasteiger partial charge in [0.15, 0.2) is 11.5 Å².